The number of hydrogen-bond acceptors (Lipinski definition) is 6. The average molecular weight is 389 g/mol. The lowest BCUT2D eigenvalue weighted by Crippen LogP contribution is -2.11. The first-order valence-corrected chi connectivity index (χ1v) is 8.91. The summed E-state index contributed by atoms with van der Waals surface area (Å²) >= 11 is 0. The van der Waals surface area contributed by atoms with Gasteiger partial charge in [0.2, 0.25) is 0 Å². The van der Waals surface area contributed by atoms with Crippen molar-refractivity contribution in [3.05, 3.63) is 100 Å². The first-order valence-electron chi connectivity index (χ1n) is 8.91. The van der Waals surface area contributed by atoms with Crippen molar-refractivity contribution in [1.82, 2.24) is 0 Å². The standard InChI is InChI=1S/C22H19N3O4/c1-16(23-24-19-11-13-20(14-12-19)25(27)28)15-18-9-5-6-10-21(18)29-22(26)17-7-3-2-4-8-17/h2-14,24H,15H2,1H3. The third kappa shape index (κ3) is 5.49. The van der Waals surface area contributed by atoms with Crippen LogP contribution in [0.25, 0.3) is 0 Å². The number of hydrazone groups is 1. The molecule has 0 aliphatic heterocycles. The van der Waals surface area contributed by atoms with Crippen LogP contribution in [0.2, 0.25) is 0 Å². The van der Waals surface area contributed by atoms with E-state index in [-0.39, 0.29) is 5.69 Å². The minimum absolute atomic E-state index is 0.0189. The van der Waals surface area contributed by atoms with E-state index in [9.17, 15) is 14.9 Å². The second kappa shape index (κ2) is 9.27. The monoisotopic (exact) mass is 389 g/mol. The van der Waals surface area contributed by atoms with Crippen LogP contribution in [0.1, 0.15) is 22.8 Å². The van der Waals surface area contributed by atoms with Crippen molar-refractivity contribution >= 4 is 23.1 Å². The molecule has 146 valence electrons. The molecular formula is C22H19N3O4. The second-order valence-electron chi connectivity index (χ2n) is 6.30. The van der Waals surface area contributed by atoms with Crippen LogP contribution < -0.4 is 10.2 Å². The fourth-order valence-corrected chi connectivity index (χ4v) is 2.62. The van der Waals surface area contributed by atoms with Crippen molar-refractivity contribution in [2.24, 2.45) is 5.10 Å². The van der Waals surface area contributed by atoms with Crippen LogP contribution in [-0.4, -0.2) is 16.6 Å². The van der Waals surface area contributed by atoms with E-state index in [0.717, 1.165) is 11.3 Å². The molecule has 0 aromatic heterocycles. The lowest BCUT2D eigenvalue weighted by Gasteiger charge is -2.10. The minimum atomic E-state index is -0.452. The molecule has 7 nitrogen and oxygen atoms in total. The number of anilines is 1. The zero-order chi connectivity index (χ0) is 20.6. The number of nitrogens with zero attached hydrogens (tertiary/aromatic N) is 2. The molecule has 0 unspecified atom stereocenters. The van der Waals surface area contributed by atoms with Gasteiger partial charge >= 0.3 is 5.97 Å². The average Bonchev–Trinajstić information content (AvgIpc) is 2.74. The van der Waals surface area contributed by atoms with Crippen LogP contribution in [0.5, 0.6) is 5.75 Å². The van der Waals surface area contributed by atoms with Crippen LogP contribution in [0.4, 0.5) is 11.4 Å². The summed E-state index contributed by atoms with van der Waals surface area (Å²) in [5, 5.41) is 15.0. The second-order valence-corrected chi connectivity index (χ2v) is 6.30. The van der Waals surface area contributed by atoms with Crippen molar-refractivity contribution in [2.45, 2.75) is 13.3 Å². The van der Waals surface area contributed by atoms with Gasteiger partial charge in [-0.25, -0.2) is 4.79 Å². The van der Waals surface area contributed by atoms with E-state index < -0.39 is 10.9 Å². The van der Waals surface area contributed by atoms with E-state index in [2.05, 4.69) is 10.5 Å². The number of carbonyl (C=O) groups is 1. The third-order valence-electron chi connectivity index (χ3n) is 4.09. The number of para-hydroxylation sites is 1. The Balaban J connectivity index is 1.67. The summed E-state index contributed by atoms with van der Waals surface area (Å²) in [6, 6.07) is 22.1. The SMILES string of the molecule is CC(Cc1ccccc1OC(=O)c1ccccc1)=NNc1ccc([N+](=O)[O-])cc1. The van der Waals surface area contributed by atoms with Crippen LogP contribution in [-0.2, 0) is 6.42 Å². The predicted molar refractivity (Wildman–Crippen MR) is 111 cm³/mol. The fraction of sp³-hybridized carbons (Fsp3) is 0.0909. The van der Waals surface area contributed by atoms with Gasteiger partial charge in [-0.3, -0.25) is 15.5 Å². The Morgan fingerprint density at radius 3 is 2.34 bits per heavy atom. The maximum absolute atomic E-state index is 12.3. The van der Waals surface area contributed by atoms with Crippen LogP contribution >= 0.6 is 0 Å². The Labute approximate surface area is 167 Å². The normalized spacial score (nSPS) is 11.0. The van der Waals surface area contributed by atoms with Gasteiger partial charge in [-0.2, -0.15) is 5.10 Å². The van der Waals surface area contributed by atoms with Crippen molar-refractivity contribution in [3.8, 4) is 5.75 Å². The Morgan fingerprint density at radius 2 is 1.66 bits per heavy atom. The van der Waals surface area contributed by atoms with Crippen LogP contribution in [0, 0.1) is 10.1 Å². The summed E-state index contributed by atoms with van der Waals surface area (Å²) < 4.78 is 5.55. The zero-order valence-corrected chi connectivity index (χ0v) is 15.7. The molecule has 0 amide bonds. The largest absolute Gasteiger partial charge is 0.423 e. The number of esters is 1. The van der Waals surface area contributed by atoms with Gasteiger partial charge in [0.1, 0.15) is 5.75 Å². The molecule has 0 spiro atoms. The molecule has 3 aromatic rings. The molecule has 0 saturated heterocycles. The fourth-order valence-electron chi connectivity index (χ4n) is 2.62. The number of carbonyl (C=O) groups excluding carboxylic acids is 1. The molecule has 1 N–H and O–H groups in total. The lowest BCUT2D eigenvalue weighted by atomic mass is 10.1. The first-order chi connectivity index (χ1) is 14.0. The van der Waals surface area contributed by atoms with E-state index in [1.54, 1.807) is 48.5 Å². The van der Waals surface area contributed by atoms with Gasteiger partial charge in [-0.15, -0.1) is 0 Å². The van der Waals surface area contributed by atoms with Gasteiger partial charge in [0.15, 0.2) is 0 Å². The highest BCUT2D eigenvalue weighted by Gasteiger charge is 2.12. The Hall–Kier alpha value is -4.00. The highest BCUT2D eigenvalue weighted by Crippen LogP contribution is 2.21. The molecule has 7 heteroatoms. The number of non-ortho nitro benzene ring substituents is 1. The molecule has 0 saturated carbocycles. The first kappa shape index (κ1) is 19.8. The van der Waals surface area contributed by atoms with E-state index in [1.165, 1.54) is 12.1 Å². The van der Waals surface area contributed by atoms with Crippen molar-refractivity contribution < 1.29 is 14.5 Å². The van der Waals surface area contributed by atoms with Gasteiger partial charge in [0.25, 0.3) is 5.69 Å². The molecule has 29 heavy (non-hydrogen) atoms. The van der Waals surface area contributed by atoms with Gasteiger partial charge in [0, 0.05) is 29.8 Å². The van der Waals surface area contributed by atoms with E-state index in [1.807, 2.05) is 25.1 Å². The Bertz CT molecular complexity index is 1030. The minimum Gasteiger partial charge on any atom is -0.423 e. The number of nitro groups is 1. The number of nitrogens with one attached hydrogen (secondary N) is 1. The van der Waals surface area contributed by atoms with Crippen LogP contribution in [0.3, 0.4) is 0 Å². The topological polar surface area (TPSA) is 93.8 Å². The van der Waals surface area contributed by atoms with Gasteiger partial charge in [-0.05, 0) is 37.3 Å². The smallest absolute Gasteiger partial charge is 0.343 e. The van der Waals surface area contributed by atoms with Crippen molar-refractivity contribution in [2.75, 3.05) is 5.43 Å². The highest BCUT2D eigenvalue weighted by molar-refractivity contribution is 5.91. The third-order valence-corrected chi connectivity index (χ3v) is 4.09. The zero-order valence-electron chi connectivity index (χ0n) is 15.7. The van der Waals surface area contributed by atoms with Gasteiger partial charge in [-0.1, -0.05) is 36.4 Å². The van der Waals surface area contributed by atoms with Gasteiger partial charge < -0.3 is 4.74 Å². The summed E-state index contributed by atoms with van der Waals surface area (Å²) in [7, 11) is 0. The van der Waals surface area contributed by atoms with E-state index in [0.29, 0.717) is 23.4 Å². The summed E-state index contributed by atoms with van der Waals surface area (Å²) in [5.74, 6) is 0.0582. The Morgan fingerprint density at radius 1 is 1.00 bits per heavy atom. The molecule has 0 atom stereocenters. The molecule has 0 aliphatic rings. The molecule has 0 bridgehead atoms. The molecule has 0 heterocycles. The van der Waals surface area contributed by atoms with E-state index in [4.69, 9.17) is 4.74 Å². The maximum Gasteiger partial charge on any atom is 0.343 e. The van der Waals surface area contributed by atoms with Gasteiger partial charge in [0.05, 0.1) is 16.2 Å². The summed E-state index contributed by atoms with van der Waals surface area (Å²) in [6.07, 6.45) is 0.470. The number of rotatable bonds is 7. The molecule has 0 radical (unpaired) electrons. The van der Waals surface area contributed by atoms with Crippen LogP contribution in [0.15, 0.2) is 84.0 Å². The number of nitro benzene ring substituents is 1. The number of benzene rings is 3. The summed E-state index contributed by atoms with van der Waals surface area (Å²) in [6.45, 7) is 1.84. The maximum atomic E-state index is 12.3. The molecule has 0 aliphatic carbocycles. The number of ether oxygens (including phenoxy) is 1. The lowest BCUT2D eigenvalue weighted by molar-refractivity contribution is -0.384. The Kier molecular flexibility index (Phi) is 6.32. The summed E-state index contributed by atoms with van der Waals surface area (Å²) in [5.41, 5.74) is 5.59. The molecular weight excluding hydrogens is 370 g/mol. The molecule has 3 rings (SSSR count). The van der Waals surface area contributed by atoms with E-state index >= 15 is 0 Å². The van der Waals surface area contributed by atoms with Crippen molar-refractivity contribution in [1.29, 1.82) is 0 Å². The summed E-state index contributed by atoms with van der Waals surface area (Å²) in [4.78, 5) is 22.6. The predicted octanol–water partition coefficient (Wildman–Crippen LogP) is 4.84. The molecule has 0 fully saturated rings. The number of hydrogen-bond donors (Lipinski definition) is 1. The highest BCUT2D eigenvalue weighted by atomic mass is 16.6. The van der Waals surface area contributed by atoms with Crippen molar-refractivity contribution in [3.63, 3.8) is 0 Å². The molecule has 3 aromatic carbocycles. The quantitative estimate of drug-likeness (QED) is 0.205.